The van der Waals surface area contributed by atoms with Crippen LogP contribution in [0.2, 0.25) is 0 Å². The number of sulfonamides is 1. The zero-order valence-corrected chi connectivity index (χ0v) is 17.7. The van der Waals surface area contributed by atoms with E-state index in [0.717, 1.165) is 22.8 Å². The van der Waals surface area contributed by atoms with Gasteiger partial charge in [-0.2, -0.15) is 4.31 Å². The molecule has 0 amide bonds. The van der Waals surface area contributed by atoms with E-state index in [1.165, 1.54) is 4.31 Å². The number of hydrogen-bond acceptors (Lipinski definition) is 4. The first-order chi connectivity index (χ1) is 14.6. The van der Waals surface area contributed by atoms with Crippen LogP contribution < -0.4 is 0 Å². The van der Waals surface area contributed by atoms with Gasteiger partial charge in [-0.1, -0.05) is 60.7 Å². The minimum Gasteiger partial charge on any atom is -0.396 e. The number of aliphatic hydroxyl groups is 1. The van der Waals surface area contributed by atoms with Crippen molar-refractivity contribution in [3.63, 3.8) is 0 Å². The number of ether oxygens (including phenoxy) is 1. The number of hydrogen-bond donors (Lipinski definition) is 1. The predicted molar refractivity (Wildman–Crippen MR) is 117 cm³/mol. The Labute approximate surface area is 178 Å². The van der Waals surface area contributed by atoms with Gasteiger partial charge < -0.3 is 9.84 Å². The molecule has 2 atom stereocenters. The Kier molecular flexibility index (Phi) is 6.49. The lowest BCUT2D eigenvalue weighted by atomic mass is 9.91. The largest absolute Gasteiger partial charge is 0.396 e. The van der Waals surface area contributed by atoms with Crippen molar-refractivity contribution in [3.05, 3.63) is 78.4 Å². The molecule has 158 valence electrons. The molecule has 6 heteroatoms. The van der Waals surface area contributed by atoms with Crippen molar-refractivity contribution in [1.82, 2.24) is 4.31 Å². The molecular formula is C24H27NO4S. The van der Waals surface area contributed by atoms with E-state index >= 15 is 0 Å². The summed E-state index contributed by atoms with van der Waals surface area (Å²) in [6.07, 6.45) is 0.759. The Balaban J connectivity index is 1.48. The normalized spacial score (nSPS) is 20.4. The highest BCUT2D eigenvalue weighted by atomic mass is 32.2. The lowest BCUT2D eigenvalue weighted by Crippen LogP contribution is -2.46. The van der Waals surface area contributed by atoms with E-state index in [1.54, 1.807) is 12.1 Å². The molecule has 4 rings (SSSR count). The smallest absolute Gasteiger partial charge is 0.243 e. The fourth-order valence-corrected chi connectivity index (χ4v) is 5.74. The molecule has 1 fully saturated rings. The van der Waals surface area contributed by atoms with Gasteiger partial charge in [0.05, 0.1) is 18.1 Å². The summed E-state index contributed by atoms with van der Waals surface area (Å²) in [5.74, 6) is -0.0332. The first kappa shape index (κ1) is 21.0. The van der Waals surface area contributed by atoms with Gasteiger partial charge in [-0.15, -0.1) is 0 Å². The van der Waals surface area contributed by atoms with Gasteiger partial charge in [-0.3, -0.25) is 0 Å². The van der Waals surface area contributed by atoms with Crippen molar-refractivity contribution in [2.24, 2.45) is 11.8 Å². The number of nitrogens with zero attached hydrogens (tertiary/aromatic N) is 1. The Bertz CT molecular complexity index is 1080. The Morgan fingerprint density at radius 1 is 0.900 bits per heavy atom. The average Bonchev–Trinajstić information content (AvgIpc) is 2.79. The number of fused-ring (bicyclic) bond motifs is 1. The SMILES string of the molecule is O=S(=O)(c1ccc2ccccc2c1)N1CC(CO)CC(COCc2ccccc2)C1. The first-order valence-corrected chi connectivity index (χ1v) is 11.7. The Morgan fingerprint density at radius 2 is 1.60 bits per heavy atom. The van der Waals surface area contributed by atoms with E-state index in [9.17, 15) is 13.5 Å². The van der Waals surface area contributed by atoms with Crippen LogP contribution in [0.1, 0.15) is 12.0 Å². The van der Waals surface area contributed by atoms with Crippen LogP contribution >= 0.6 is 0 Å². The van der Waals surface area contributed by atoms with E-state index in [0.29, 0.717) is 31.2 Å². The van der Waals surface area contributed by atoms with Crippen LogP contribution in [0.3, 0.4) is 0 Å². The van der Waals surface area contributed by atoms with Crippen LogP contribution in [0, 0.1) is 11.8 Å². The Morgan fingerprint density at radius 3 is 2.37 bits per heavy atom. The molecule has 0 spiro atoms. The van der Waals surface area contributed by atoms with Gasteiger partial charge in [-0.25, -0.2) is 8.42 Å². The van der Waals surface area contributed by atoms with Gasteiger partial charge in [0.1, 0.15) is 0 Å². The molecule has 2 unspecified atom stereocenters. The molecule has 0 radical (unpaired) electrons. The molecule has 0 aliphatic carbocycles. The molecule has 1 aliphatic rings. The maximum atomic E-state index is 13.3. The van der Waals surface area contributed by atoms with Gasteiger partial charge >= 0.3 is 0 Å². The monoisotopic (exact) mass is 425 g/mol. The summed E-state index contributed by atoms with van der Waals surface area (Å²) in [6, 6.07) is 22.9. The van der Waals surface area contributed by atoms with Gasteiger partial charge in [0.25, 0.3) is 0 Å². The van der Waals surface area contributed by atoms with E-state index in [1.807, 2.05) is 60.7 Å². The summed E-state index contributed by atoms with van der Waals surface area (Å²) in [5, 5.41) is 11.7. The molecule has 0 saturated carbocycles. The first-order valence-electron chi connectivity index (χ1n) is 10.3. The fourth-order valence-electron chi connectivity index (χ4n) is 4.11. The summed E-state index contributed by atoms with van der Waals surface area (Å²) in [5.41, 5.74) is 1.09. The van der Waals surface area contributed by atoms with E-state index in [4.69, 9.17) is 4.74 Å². The fraction of sp³-hybridized carbons (Fsp3) is 0.333. The number of rotatable bonds is 7. The third-order valence-corrected chi connectivity index (χ3v) is 7.50. The third kappa shape index (κ3) is 4.73. The highest BCUT2D eigenvalue weighted by Crippen LogP contribution is 2.29. The van der Waals surface area contributed by atoms with Crippen molar-refractivity contribution in [2.45, 2.75) is 17.9 Å². The molecule has 1 heterocycles. The van der Waals surface area contributed by atoms with Crippen LogP contribution in [0.5, 0.6) is 0 Å². The minimum atomic E-state index is -3.64. The lowest BCUT2D eigenvalue weighted by molar-refractivity contribution is 0.0434. The highest BCUT2D eigenvalue weighted by molar-refractivity contribution is 7.89. The van der Waals surface area contributed by atoms with Crippen molar-refractivity contribution in [1.29, 1.82) is 0 Å². The van der Waals surface area contributed by atoms with E-state index in [-0.39, 0.29) is 18.4 Å². The molecule has 1 saturated heterocycles. The summed E-state index contributed by atoms with van der Waals surface area (Å²) in [7, 11) is -3.64. The summed E-state index contributed by atoms with van der Waals surface area (Å²) in [6.45, 7) is 1.67. The maximum Gasteiger partial charge on any atom is 0.243 e. The van der Waals surface area contributed by atoms with E-state index in [2.05, 4.69) is 0 Å². The van der Waals surface area contributed by atoms with Crippen LogP contribution in [-0.2, 0) is 21.4 Å². The topological polar surface area (TPSA) is 66.8 Å². The molecule has 3 aromatic rings. The van der Waals surface area contributed by atoms with Gasteiger partial charge in [0, 0.05) is 19.7 Å². The van der Waals surface area contributed by atoms with Crippen LogP contribution in [0.25, 0.3) is 10.8 Å². The van der Waals surface area contributed by atoms with Crippen molar-refractivity contribution in [2.75, 3.05) is 26.3 Å². The van der Waals surface area contributed by atoms with Crippen molar-refractivity contribution >= 4 is 20.8 Å². The standard InChI is InChI=1S/C24H27NO4S/c26-16-20-12-21(18-29-17-19-6-2-1-3-7-19)15-25(14-20)30(27,28)24-11-10-22-8-4-5-9-23(22)13-24/h1-11,13,20-21,26H,12,14-18H2. The number of piperidine rings is 1. The molecule has 0 bridgehead atoms. The summed E-state index contributed by atoms with van der Waals surface area (Å²) in [4.78, 5) is 0.295. The molecular weight excluding hydrogens is 398 g/mol. The second-order valence-corrected chi connectivity index (χ2v) is 9.92. The Hall–Kier alpha value is -2.25. The molecule has 3 aromatic carbocycles. The maximum absolute atomic E-state index is 13.3. The zero-order valence-electron chi connectivity index (χ0n) is 16.9. The average molecular weight is 426 g/mol. The molecule has 1 N–H and O–H groups in total. The van der Waals surface area contributed by atoms with E-state index < -0.39 is 10.0 Å². The van der Waals surface area contributed by atoms with Gasteiger partial charge in [0.2, 0.25) is 10.0 Å². The summed E-state index contributed by atoms with van der Waals surface area (Å²) < 4.78 is 34.1. The zero-order chi connectivity index (χ0) is 21.0. The minimum absolute atomic E-state index is 0.0288. The van der Waals surface area contributed by atoms with Crippen LogP contribution in [0.15, 0.2) is 77.7 Å². The van der Waals surface area contributed by atoms with Gasteiger partial charge in [0.15, 0.2) is 0 Å². The molecule has 5 nitrogen and oxygen atoms in total. The lowest BCUT2D eigenvalue weighted by Gasteiger charge is -2.36. The van der Waals surface area contributed by atoms with Crippen LogP contribution in [-0.4, -0.2) is 44.1 Å². The van der Waals surface area contributed by atoms with Crippen LogP contribution in [0.4, 0.5) is 0 Å². The quantitative estimate of drug-likeness (QED) is 0.627. The highest BCUT2D eigenvalue weighted by Gasteiger charge is 2.34. The second kappa shape index (κ2) is 9.27. The van der Waals surface area contributed by atoms with Crippen molar-refractivity contribution < 1.29 is 18.3 Å². The van der Waals surface area contributed by atoms with Gasteiger partial charge in [-0.05, 0) is 46.7 Å². The number of benzene rings is 3. The molecule has 30 heavy (non-hydrogen) atoms. The number of aliphatic hydroxyl groups excluding tert-OH is 1. The molecule has 0 aromatic heterocycles. The summed E-state index contributed by atoms with van der Waals surface area (Å²) >= 11 is 0. The second-order valence-electron chi connectivity index (χ2n) is 7.98. The molecule has 1 aliphatic heterocycles. The van der Waals surface area contributed by atoms with Crippen molar-refractivity contribution in [3.8, 4) is 0 Å². The third-order valence-electron chi connectivity index (χ3n) is 5.67. The predicted octanol–water partition coefficient (Wildman–Crippen LogP) is 3.68.